The van der Waals surface area contributed by atoms with Gasteiger partial charge in [0.05, 0.1) is 29.5 Å². The molecule has 4 rings (SSSR count). The largest absolute Gasteiger partial charge is 0.378 e. The average molecular weight is 401 g/mol. The van der Waals surface area contributed by atoms with Gasteiger partial charge in [-0.3, -0.25) is 4.98 Å². The topological polar surface area (TPSA) is 60.8 Å². The minimum absolute atomic E-state index is 0.439. The van der Waals surface area contributed by atoms with Crippen LogP contribution in [0.3, 0.4) is 0 Å². The molecule has 0 aliphatic rings. The Bertz CT molecular complexity index is 1110. The number of rotatable bonds is 3. The molecular weight excluding hydrogens is 380 g/mol. The van der Waals surface area contributed by atoms with E-state index in [2.05, 4.69) is 21.0 Å². The summed E-state index contributed by atoms with van der Waals surface area (Å²) in [4.78, 5) is 19.3. The van der Waals surface area contributed by atoms with Gasteiger partial charge in [-0.15, -0.1) is 0 Å². The summed E-state index contributed by atoms with van der Waals surface area (Å²) in [6.45, 7) is 8.47. The van der Waals surface area contributed by atoms with Crippen LogP contribution in [0.5, 0.6) is 0 Å². The Hall–Kier alpha value is -2.15. The van der Waals surface area contributed by atoms with Gasteiger partial charge in [-0.25, -0.2) is 15.0 Å². The molecule has 140 valence electrons. The van der Waals surface area contributed by atoms with Crippen LogP contribution in [0.15, 0.2) is 24.4 Å². The maximum absolute atomic E-state index is 6.08. The summed E-state index contributed by atoms with van der Waals surface area (Å²) in [5.74, 6) is 0. The van der Waals surface area contributed by atoms with Gasteiger partial charge in [0.2, 0.25) is 0 Å². The summed E-state index contributed by atoms with van der Waals surface area (Å²) in [7, 11) is 1.65. The summed E-state index contributed by atoms with van der Waals surface area (Å²) >= 11 is 7.60. The highest BCUT2D eigenvalue weighted by atomic mass is 35.5. The van der Waals surface area contributed by atoms with Crippen molar-refractivity contribution in [2.24, 2.45) is 0 Å². The first-order valence-electron chi connectivity index (χ1n) is 8.74. The van der Waals surface area contributed by atoms with Gasteiger partial charge in [-0.05, 0) is 43.2 Å². The second-order valence-corrected chi connectivity index (χ2v) is 7.27. The fourth-order valence-electron chi connectivity index (χ4n) is 2.82. The lowest BCUT2D eigenvalue weighted by atomic mass is 10.1. The number of benzene rings is 1. The van der Waals surface area contributed by atoms with E-state index in [9.17, 15) is 0 Å². The van der Waals surface area contributed by atoms with E-state index in [1.807, 2.05) is 39.8 Å². The third-order valence-electron chi connectivity index (χ3n) is 3.89. The van der Waals surface area contributed by atoms with Crippen molar-refractivity contribution in [3.05, 3.63) is 46.4 Å². The van der Waals surface area contributed by atoms with Crippen molar-refractivity contribution in [3.63, 3.8) is 0 Å². The van der Waals surface area contributed by atoms with E-state index in [1.54, 1.807) is 13.3 Å². The molecule has 0 amide bonds. The third-order valence-corrected chi connectivity index (χ3v) is 5.07. The molecule has 0 radical (unpaired) electrons. The van der Waals surface area contributed by atoms with Crippen LogP contribution in [0, 0.1) is 13.8 Å². The molecule has 0 saturated heterocycles. The van der Waals surface area contributed by atoms with Gasteiger partial charge in [-0.1, -0.05) is 36.8 Å². The van der Waals surface area contributed by atoms with Crippen molar-refractivity contribution in [1.29, 1.82) is 0 Å². The highest BCUT2D eigenvalue weighted by molar-refractivity contribution is 7.21. The van der Waals surface area contributed by atoms with Crippen molar-refractivity contribution < 1.29 is 4.74 Å². The number of aromatic nitrogens is 4. The minimum atomic E-state index is 0.439. The van der Waals surface area contributed by atoms with E-state index < -0.39 is 0 Å². The van der Waals surface area contributed by atoms with E-state index in [4.69, 9.17) is 21.3 Å². The Morgan fingerprint density at radius 3 is 2.56 bits per heavy atom. The Morgan fingerprint density at radius 1 is 1.04 bits per heavy atom. The molecule has 4 aromatic rings. The molecule has 0 aliphatic heterocycles. The highest BCUT2D eigenvalue weighted by Crippen LogP contribution is 2.35. The number of pyridine rings is 1. The molecule has 0 aliphatic carbocycles. The van der Waals surface area contributed by atoms with Crippen molar-refractivity contribution >= 4 is 44.3 Å². The molecule has 7 heteroatoms. The van der Waals surface area contributed by atoms with Crippen LogP contribution < -0.4 is 0 Å². The zero-order valence-electron chi connectivity index (χ0n) is 16.0. The number of hydrogen-bond acceptors (Lipinski definition) is 6. The normalized spacial score (nSPS) is 10.9. The number of ether oxygens (including phenoxy) is 1. The Kier molecular flexibility index (Phi) is 5.99. The molecule has 0 saturated carbocycles. The first-order chi connectivity index (χ1) is 13.0. The lowest BCUT2D eigenvalue weighted by Crippen LogP contribution is -1.96. The van der Waals surface area contributed by atoms with E-state index in [0.29, 0.717) is 11.8 Å². The van der Waals surface area contributed by atoms with Gasteiger partial charge in [0.15, 0.2) is 0 Å². The lowest BCUT2D eigenvalue weighted by Gasteiger charge is -2.06. The molecule has 1 aromatic carbocycles. The number of hydrogen-bond donors (Lipinski definition) is 0. The smallest absolute Gasteiger partial charge is 0.145 e. The molecular formula is C20H21ClN4OS. The van der Waals surface area contributed by atoms with Gasteiger partial charge in [0.25, 0.3) is 0 Å². The highest BCUT2D eigenvalue weighted by Gasteiger charge is 2.15. The van der Waals surface area contributed by atoms with Gasteiger partial charge in [0, 0.05) is 12.7 Å². The van der Waals surface area contributed by atoms with Crippen molar-refractivity contribution in [1.82, 2.24) is 19.9 Å². The fourth-order valence-corrected chi connectivity index (χ4v) is 4.15. The maximum Gasteiger partial charge on any atom is 0.145 e. The zero-order valence-corrected chi connectivity index (χ0v) is 17.6. The van der Waals surface area contributed by atoms with Gasteiger partial charge in [0.1, 0.15) is 20.5 Å². The fraction of sp³-hybridized carbons (Fsp3) is 0.300. The second kappa shape index (κ2) is 8.25. The predicted molar refractivity (Wildman–Crippen MR) is 112 cm³/mol. The monoisotopic (exact) mass is 400 g/mol. The molecule has 0 fully saturated rings. The first-order valence-corrected chi connectivity index (χ1v) is 9.94. The van der Waals surface area contributed by atoms with Crippen LogP contribution in [-0.2, 0) is 11.3 Å². The summed E-state index contributed by atoms with van der Waals surface area (Å²) in [5.41, 5.74) is 6.43. The molecule has 0 atom stereocenters. The average Bonchev–Trinajstić information content (AvgIpc) is 3.07. The van der Waals surface area contributed by atoms with Crippen LogP contribution in [0.2, 0.25) is 5.15 Å². The van der Waals surface area contributed by atoms with Gasteiger partial charge >= 0.3 is 0 Å². The summed E-state index contributed by atoms with van der Waals surface area (Å²) in [6.07, 6.45) is 1.75. The van der Waals surface area contributed by atoms with Crippen molar-refractivity contribution in [2.45, 2.75) is 34.3 Å². The Balaban J connectivity index is 0.00000102. The molecule has 3 heterocycles. The molecule has 0 unspecified atom stereocenters. The maximum atomic E-state index is 6.08. The predicted octanol–water partition coefficient (Wildman–Crippen LogP) is 5.74. The van der Waals surface area contributed by atoms with E-state index in [1.165, 1.54) is 11.3 Å². The van der Waals surface area contributed by atoms with E-state index >= 15 is 0 Å². The number of methoxy groups -OCH3 is 1. The van der Waals surface area contributed by atoms with Crippen molar-refractivity contribution in [3.8, 4) is 10.6 Å². The van der Waals surface area contributed by atoms with Crippen LogP contribution in [0.25, 0.3) is 32.0 Å². The standard InChI is InChI=1S/C18H15ClN4OS.C2H6/c1-9-4-12(16-13(5-9)21-11(7-20-16)8-24-3)17-23-15-10(2)6-14(19)22-18(15)25-17;1-2/h4-7H,8H2,1-3H3;1-2H3. The summed E-state index contributed by atoms with van der Waals surface area (Å²) in [5, 5.41) is 1.36. The van der Waals surface area contributed by atoms with Crippen LogP contribution >= 0.6 is 22.9 Å². The third kappa shape index (κ3) is 3.93. The number of nitrogens with zero attached hydrogens (tertiary/aromatic N) is 4. The molecule has 0 N–H and O–H groups in total. The number of thiazole rings is 1. The van der Waals surface area contributed by atoms with Crippen LogP contribution in [0.1, 0.15) is 30.7 Å². The molecule has 3 aromatic heterocycles. The van der Waals surface area contributed by atoms with Gasteiger partial charge in [-0.2, -0.15) is 0 Å². The molecule has 5 nitrogen and oxygen atoms in total. The summed E-state index contributed by atoms with van der Waals surface area (Å²) < 4.78 is 5.15. The summed E-state index contributed by atoms with van der Waals surface area (Å²) in [6, 6.07) is 5.94. The molecule has 0 spiro atoms. The lowest BCUT2D eigenvalue weighted by molar-refractivity contribution is 0.181. The number of aryl methyl sites for hydroxylation is 2. The first kappa shape index (κ1) is 19.6. The molecule has 27 heavy (non-hydrogen) atoms. The quantitative estimate of drug-likeness (QED) is 0.410. The Labute approximate surface area is 167 Å². The number of fused-ring (bicyclic) bond motifs is 2. The van der Waals surface area contributed by atoms with Crippen LogP contribution in [-0.4, -0.2) is 27.0 Å². The SMILES string of the molecule is CC.COCc1cnc2c(-c3nc4c(C)cc(Cl)nc4s3)cc(C)cc2n1. The number of halogens is 1. The minimum Gasteiger partial charge on any atom is -0.378 e. The van der Waals surface area contributed by atoms with E-state index in [0.717, 1.165) is 48.8 Å². The molecule has 0 bridgehead atoms. The second-order valence-electron chi connectivity index (χ2n) is 5.91. The Morgan fingerprint density at radius 2 is 1.81 bits per heavy atom. The van der Waals surface area contributed by atoms with Crippen molar-refractivity contribution in [2.75, 3.05) is 7.11 Å². The zero-order chi connectivity index (χ0) is 19.6. The van der Waals surface area contributed by atoms with E-state index in [-0.39, 0.29) is 0 Å². The van der Waals surface area contributed by atoms with Gasteiger partial charge < -0.3 is 4.74 Å². The van der Waals surface area contributed by atoms with Crippen LogP contribution in [0.4, 0.5) is 0 Å².